The number of rotatable bonds is 6. The molecule has 6 rings (SSSR count). The van der Waals surface area contributed by atoms with E-state index in [4.69, 9.17) is 9.26 Å². The highest BCUT2D eigenvalue weighted by Gasteiger charge is 2.55. The van der Waals surface area contributed by atoms with Gasteiger partial charge in [0.15, 0.2) is 0 Å². The van der Waals surface area contributed by atoms with Gasteiger partial charge < -0.3 is 9.26 Å². The smallest absolute Gasteiger partial charge is 0.318 e. The normalized spacial score (nSPS) is 19.0. The fourth-order valence-electron chi connectivity index (χ4n) is 5.93. The highest BCUT2D eigenvalue weighted by Crippen LogP contribution is 2.71. The van der Waals surface area contributed by atoms with Gasteiger partial charge in [-0.3, -0.25) is 24.8 Å². The molecule has 202 valence electrons. The van der Waals surface area contributed by atoms with Crippen LogP contribution in [0.15, 0.2) is 91.0 Å². The standard InChI is InChI=1S/C30H25N2O7P/c33-31(34)22-14-17-28(26(20-22)32(35)36)38-23-15-12-21(13-16-23)30(18-6-1-7-19-30)40(37)29-11-5-3-9-25(29)24-8-2-4-10-27(24)39-40/h2-5,8-17,20H,1,6-7,18-19H2. The predicted octanol–water partition coefficient (Wildman–Crippen LogP) is 8.12. The summed E-state index contributed by atoms with van der Waals surface area (Å²) in [4.78, 5) is 21.2. The SMILES string of the molecule is O=[N+]([O-])c1ccc(Oc2ccc(C3(P4(=O)Oc5ccccc5-c5ccccc54)CCCCC3)cc2)c([N+](=O)[O-])c1. The molecule has 1 fully saturated rings. The predicted molar refractivity (Wildman–Crippen MR) is 151 cm³/mol. The minimum atomic E-state index is -3.48. The first-order chi connectivity index (χ1) is 19.3. The van der Waals surface area contributed by atoms with Gasteiger partial charge in [-0.1, -0.05) is 67.8 Å². The molecule has 10 heteroatoms. The number of non-ortho nitro benzene ring substituents is 1. The van der Waals surface area contributed by atoms with Crippen molar-refractivity contribution in [3.8, 4) is 28.4 Å². The monoisotopic (exact) mass is 556 g/mol. The quantitative estimate of drug-likeness (QED) is 0.133. The van der Waals surface area contributed by atoms with Gasteiger partial charge in [-0.15, -0.1) is 0 Å². The summed E-state index contributed by atoms with van der Waals surface area (Å²) in [6.45, 7) is 0. The summed E-state index contributed by atoms with van der Waals surface area (Å²) in [5.41, 5.74) is 1.80. The Balaban J connectivity index is 1.40. The molecule has 1 aliphatic heterocycles. The maximum Gasteiger partial charge on any atom is 0.318 e. The number of hydrogen-bond acceptors (Lipinski definition) is 7. The number of ether oxygens (including phenoxy) is 1. The van der Waals surface area contributed by atoms with Crippen molar-refractivity contribution in [1.82, 2.24) is 0 Å². The van der Waals surface area contributed by atoms with E-state index in [1.54, 1.807) is 12.1 Å². The summed E-state index contributed by atoms with van der Waals surface area (Å²) < 4.78 is 27.6. The molecule has 4 aromatic carbocycles. The molecule has 0 spiro atoms. The summed E-state index contributed by atoms with van der Waals surface area (Å²) >= 11 is 0. The lowest BCUT2D eigenvalue weighted by Gasteiger charge is -2.45. The van der Waals surface area contributed by atoms with Gasteiger partial charge in [0.1, 0.15) is 11.5 Å². The Hall–Kier alpha value is -4.49. The van der Waals surface area contributed by atoms with Crippen molar-refractivity contribution in [3.63, 3.8) is 0 Å². The molecule has 0 aromatic heterocycles. The zero-order valence-corrected chi connectivity index (χ0v) is 22.3. The van der Waals surface area contributed by atoms with Crippen LogP contribution in [-0.4, -0.2) is 9.85 Å². The van der Waals surface area contributed by atoms with E-state index in [1.807, 2.05) is 60.7 Å². The van der Waals surface area contributed by atoms with Gasteiger partial charge in [-0.25, -0.2) is 0 Å². The van der Waals surface area contributed by atoms with Crippen LogP contribution in [0, 0.1) is 20.2 Å². The van der Waals surface area contributed by atoms with Crippen molar-refractivity contribution in [1.29, 1.82) is 0 Å². The summed E-state index contributed by atoms with van der Waals surface area (Å²) in [6, 6.07) is 25.8. The van der Waals surface area contributed by atoms with Crippen LogP contribution < -0.4 is 14.6 Å². The number of nitro groups is 2. The van der Waals surface area contributed by atoms with Crippen LogP contribution in [0.4, 0.5) is 11.4 Å². The lowest BCUT2D eigenvalue weighted by atomic mass is 9.83. The maximum atomic E-state index is 15.3. The molecular formula is C30H25N2O7P. The maximum absolute atomic E-state index is 15.3. The van der Waals surface area contributed by atoms with E-state index < -0.39 is 33.7 Å². The number of nitrogens with zero attached hydrogens (tertiary/aromatic N) is 2. The first-order valence-electron chi connectivity index (χ1n) is 13.0. The molecular weight excluding hydrogens is 531 g/mol. The molecule has 0 radical (unpaired) electrons. The van der Waals surface area contributed by atoms with E-state index in [2.05, 4.69) is 0 Å². The average molecular weight is 557 g/mol. The fourth-order valence-corrected chi connectivity index (χ4v) is 9.29. The number of benzene rings is 4. The van der Waals surface area contributed by atoms with Crippen molar-refractivity contribution < 1.29 is 23.7 Å². The van der Waals surface area contributed by atoms with E-state index in [0.717, 1.165) is 53.4 Å². The summed E-state index contributed by atoms with van der Waals surface area (Å²) in [6.07, 6.45) is 4.24. The molecule has 1 unspecified atom stereocenters. The average Bonchev–Trinajstić information content (AvgIpc) is 2.98. The van der Waals surface area contributed by atoms with Gasteiger partial charge in [0, 0.05) is 11.6 Å². The largest absolute Gasteiger partial charge is 0.450 e. The van der Waals surface area contributed by atoms with Gasteiger partial charge in [-0.05, 0) is 54.3 Å². The van der Waals surface area contributed by atoms with Gasteiger partial charge in [0.2, 0.25) is 5.75 Å². The molecule has 1 saturated carbocycles. The van der Waals surface area contributed by atoms with Crippen LogP contribution in [0.25, 0.3) is 11.1 Å². The topological polar surface area (TPSA) is 122 Å². The first-order valence-corrected chi connectivity index (χ1v) is 14.6. The minimum Gasteiger partial charge on any atom is -0.450 e. The Bertz CT molecular complexity index is 1680. The number of fused-ring (bicyclic) bond motifs is 3. The Kier molecular flexibility index (Phi) is 6.39. The van der Waals surface area contributed by atoms with Crippen LogP contribution in [0.3, 0.4) is 0 Å². The molecule has 0 bridgehead atoms. The van der Waals surface area contributed by atoms with Crippen LogP contribution >= 0.6 is 7.37 Å². The molecule has 2 aliphatic rings. The van der Waals surface area contributed by atoms with Crippen LogP contribution in [0.2, 0.25) is 0 Å². The second-order valence-corrected chi connectivity index (χ2v) is 12.7. The van der Waals surface area contributed by atoms with E-state index in [9.17, 15) is 20.2 Å². The van der Waals surface area contributed by atoms with Gasteiger partial charge in [0.05, 0.1) is 26.4 Å². The summed E-state index contributed by atoms with van der Waals surface area (Å²) in [7, 11) is -3.48. The summed E-state index contributed by atoms with van der Waals surface area (Å²) in [5, 5.41) is 22.6. The Labute approximate surface area is 230 Å². The second kappa shape index (κ2) is 9.92. The Morgan fingerprint density at radius 3 is 2.15 bits per heavy atom. The molecule has 0 amide bonds. The highest BCUT2D eigenvalue weighted by atomic mass is 31.2. The number of hydrogen-bond donors (Lipinski definition) is 0. The first kappa shape index (κ1) is 25.8. The van der Waals surface area contributed by atoms with Crippen molar-refractivity contribution in [2.75, 3.05) is 0 Å². The third-order valence-electron chi connectivity index (χ3n) is 7.84. The molecule has 0 saturated heterocycles. The Morgan fingerprint density at radius 1 is 0.775 bits per heavy atom. The van der Waals surface area contributed by atoms with E-state index in [-0.39, 0.29) is 5.75 Å². The van der Waals surface area contributed by atoms with Gasteiger partial charge >= 0.3 is 5.69 Å². The lowest BCUT2D eigenvalue weighted by Crippen LogP contribution is -2.37. The second-order valence-electron chi connectivity index (χ2n) is 10.0. The molecule has 1 aliphatic carbocycles. The van der Waals surface area contributed by atoms with Gasteiger partial charge in [-0.2, -0.15) is 0 Å². The van der Waals surface area contributed by atoms with Crippen molar-refractivity contribution >= 4 is 24.0 Å². The third kappa shape index (κ3) is 4.14. The number of nitro benzene ring substituents is 2. The van der Waals surface area contributed by atoms with Crippen molar-refractivity contribution in [2.45, 2.75) is 37.3 Å². The van der Waals surface area contributed by atoms with Crippen molar-refractivity contribution in [3.05, 3.63) is 117 Å². The van der Waals surface area contributed by atoms with Gasteiger partial charge in [0.25, 0.3) is 13.1 Å². The minimum absolute atomic E-state index is 0.107. The van der Waals surface area contributed by atoms with E-state index in [0.29, 0.717) is 24.3 Å². The molecule has 1 heterocycles. The molecule has 40 heavy (non-hydrogen) atoms. The number of para-hydroxylation sites is 1. The fraction of sp³-hybridized carbons (Fsp3) is 0.200. The third-order valence-corrected chi connectivity index (χ3v) is 11.1. The van der Waals surface area contributed by atoms with E-state index >= 15 is 4.57 Å². The molecule has 4 aromatic rings. The van der Waals surface area contributed by atoms with Crippen LogP contribution in [-0.2, 0) is 9.72 Å². The van der Waals surface area contributed by atoms with Crippen molar-refractivity contribution in [2.24, 2.45) is 0 Å². The van der Waals surface area contributed by atoms with E-state index in [1.165, 1.54) is 6.07 Å². The van der Waals surface area contributed by atoms with Crippen LogP contribution in [0.5, 0.6) is 17.2 Å². The zero-order chi connectivity index (χ0) is 27.9. The molecule has 1 atom stereocenters. The summed E-state index contributed by atoms with van der Waals surface area (Å²) in [5.74, 6) is 0.824. The molecule has 0 N–H and O–H groups in total. The molecule has 9 nitrogen and oxygen atoms in total. The van der Waals surface area contributed by atoms with Crippen LogP contribution in [0.1, 0.15) is 37.7 Å². The lowest BCUT2D eigenvalue weighted by molar-refractivity contribution is -0.394. The zero-order valence-electron chi connectivity index (χ0n) is 21.4. The Morgan fingerprint density at radius 2 is 1.45 bits per heavy atom. The highest BCUT2D eigenvalue weighted by molar-refractivity contribution is 7.69.